The lowest BCUT2D eigenvalue weighted by Crippen LogP contribution is -2.27. The smallest absolute Gasteiger partial charge is 0.371 e. The van der Waals surface area contributed by atoms with Crippen molar-refractivity contribution < 1.29 is 22.4 Å². The van der Waals surface area contributed by atoms with Gasteiger partial charge in [-0.2, -0.15) is 13.2 Å². The zero-order chi connectivity index (χ0) is 21.9. The average Bonchev–Trinajstić information content (AvgIpc) is 3.02. The van der Waals surface area contributed by atoms with E-state index in [4.69, 9.17) is 0 Å². The van der Waals surface area contributed by atoms with Crippen LogP contribution in [0.25, 0.3) is 5.57 Å². The third-order valence-electron chi connectivity index (χ3n) is 4.79. The number of amides is 1. The van der Waals surface area contributed by atoms with Gasteiger partial charge in [-0.25, -0.2) is 4.39 Å². The molecule has 1 aliphatic heterocycles. The lowest BCUT2D eigenvalue weighted by atomic mass is 10.1. The first-order valence-corrected chi connectivity index (χ1v) is 9.79. The van der Waals surface area contributed by atoms with E-state index >= 15 is 0 Å². The summed E-state index contributed by atoms with van der Waals surface area (Å²) in [6.45, 7) is 4.87. The number of rotatable bonds is 7. The van der Waals surface area contributed by atoms with E-state index in [1.807, 2.05) is 13.8 Å². The minimum atomic E-state index is -4.54. The molecular weight excluding hydrogens is 398 g/mol. The fourth-order valence-electron chi connectivity index (χ4n) is 3.52. The van der Waals surface area contributed by atoms with Gasteiger partial charge < -0.3 is 15.5 Å². The quantitative estimate of drug-likeness (QED) is 0.434. The van der Waals surface area contributed by atoms with Crippen molar-refractivity contribution in [3.8, 4) is 0 Å². The topological polar surface area (TPSA) is 44.4 Å². The Balaban J connectivity index is 1.95. The van der Waals surface area contributed by atoms with Crippen LogP contribution < -0.4 is 15.5 Å². The van der Waals surface area contributed by atoms with Crippen LogP contribution in [-0.2, 0) is 11.0 Å². The molecule has 2 aromatic rings. The van der Waals surface area contributed by atoms with Crippen LogP contribution in [0.4, 0.5) is 34.6 Å². The molecule has 0 fully saturated rings. The van der Waals surface area contributed by atoms with Gasteiger partial charge in [0.2, 0.25) is 0 Å². The number of carbonyl (C=O) groups excluding carboxylic acids is 1. The van der Waals surface area contributed by atoms with E-state index in [9.17, 15) is 22.4 Å². The van der Waals surface area contributed by atoms with Gasteiger partial charge in [0.15, 0.2) is 0 Å². The maximum Gasteiger partial charge on any atom is 0.418 e. The lowest BCUT2D eigenvalue weighted by molar-refractivity contribution is -0.137. The standard InChI is InChI=1S/C22H23F4N3O/c1-3-10-29(11-4-2)19-9-8-14(12-16(19)22(24,25)26)27-13-15-20-17(23)6-5-7-18(20)28-21(15)30/h5-9,12-13,27H,3-4,10-11H2,1-2H3,(H,28,30). The average molecular weight is 421 g/mol. The number of benzene rings is 2. The molecule has 8 heteroatoms. The van der Waals surface area contributed by atoms with E-state index in [0.29, 0.717) is 18.8 Å². The van der Waals surface area contributed by atoms with Gasteiger partial charge in [-0.3, -0.25) is 4.79 Å². The van der Waals surface area contributed by atoms with Gasteiger partial charge in [0.1, 0.15) is 5.82 Å². The summed E-state index contributed by atoms with van der Waals surface area (Å²) in [5.74, 6) is -1.10. The van der Waals surface area contributed by atoms with Crippen molar-refractivity contribution in [3.63, 3.8) is 0 Å². The van der Waals surface area contributed by atoms with Crippen molar-refractivity contribution in [2.45, 2.75) is 32.9 Å². The number of nitrogens with one attached hydrogen (secondary N) is 2. The number of nitrogens with zero attached hydrogens (tertiary/aromatic N) is 1. The highest BCUT2D eigenvalue weighted by molar-refractivity contribution is 6.31. The molecule has 0 radical (unpaired) electrons. The fraction of sp³-hybridized carbons (Fsp3) is 0.318. The summed E-state index contributed by atoms with van der Waals surface area (Å²) in [7, 11) is 0. The number of carbonyl (C=O) groups is 1. The molecule has 0 spiro atoms. The van der Waals surface area contributed by atoms with Crippen LogP contribution in [-0.4, -0.2) is 19.0 Å². The Bertz CT molecular complexity index is 963. The number of hydrogen-bond acceptors (Lipinski definition) is 3. The maximum atomic E-state index is 14.1. The van der Waals surface area contributed by atoms with E-state index in [2.05, 4.69) is 10.6 Å². The zero-order valence-electron chi connectivity index (χ0n) is 16.7. The molecule has 30 heavy (non-hydrogen) atoms. The van der Waals surface area contributed by atoms with Crippen LogP contribution >= 0.6 is 0 Å². The molecule has 1 aliphatic rings. The molecule has 0 atom stereocenters. The highest BCUT2D eigenvalue weighted by Crippen LogP contribution is 2.39. The highest BCUT2D eigenvalue weighted by atomic mass is 19.4. The van der Waals surface area contributed by atoms with Gasteiger partial charge in [0.05, 0.1) is 16.8 Å². The van der Waals surface area contributed by atoms with Crippen molar-refractivity contribution in [2.24, 2.45) is 0 Å². The van der Waals surface area contributed by atoms with E-state index < -0.39 is 23.5 Å². The van der Waals surface area contributed by atoms with Gasteiger partial charge in [-0.1, -0.05) is 19.9 Å². The van der Waals surface area contributed by atoms with Crippen LogP contribution in [0.5, 0.6) is 0 Å². The monoisotopic (exact) mass is 421 g/mol. The van der Waals surface area contributed by atoms with Gasteiger partial charge in [0.25, 0.3) is 5.91 Å². The van der Waals surface area contributed by atoms with Crippen LogP contribution in [0.2, 0.25) is 0 Å². The number of anilines is 3. The predicted molar refractivity (Wildman–Crippen MR) is 111 cm³/mol. The van der Waals surface area contributed by atoms with Crippen LogP contribution in [0.1, 0.15) is 37.8 Å². The van der Waals surface area contributed by atoms with Crippen molar-refractivity contribution in [2.75, 3.05) is 28.6 Å². The van der Waals surface area contributed by atoms with Gasteiger partial charge in [0, 0.05) is 36.2 Å². The molecule has 1 heterocycles. The molecule has 4 nitrogen and oxygen atoms in total. The van der Waals surface area contributed by atoms with Gasteiger partial charge in [-0.05, 0) is 43.2 Å². The second-order valence-electron chi connectivity index (χ2n) is 7.04. The molecule has 0 aliphatic carbocycles. The van der Waals surface area contributed by atoms with Crippen LogP contribution in [0, 0.1) is 5.82 Å². The summed E-state index contributed by atoms with van der Waals surface area (Å²) in [4.78, 5) is 13.9. The summed E-state index contributed by atoms with van der Waals surface area (Å²) in [5, 5.41) is 5.26. The maximum absolute atomic E-state index is 14.1. The Morgan fingerprint density at radius 2 is 1.80 bits per heavy atom. The molecule has 1 amide bonds. The molecular formula is C22H23F4N3O. The predicted octanol–water partition coefficient (Wildman–Crippen LogP) is 5.88. The minimum Gasteiger partial charge on any atom is -0.371 e. The molecule has 0 unspecified atom stereocenters. The second kappa shape index (κ2) is 8.77. The molecule has 0 saturated heterocycles. The number of fused-ring (bicyclic) bond motifs is 1. The molecule has 0 saturated carbocycles. The Morgan fingerprint density at radius 1 is 1.10 bits per heavy atom. The number of alkyl halides is 3. The van der Waals surface area contributed by atoms with E-state index in [1.54, 1.807) is 11.0 Å². The number of halogens is 4. The third kappa shape index (κ3) is 4.42. The summed E-state index contributed by atoms with van der Waals surface area (Å²) in [6, 6.07) is 8.22. The lowest BCUT2D eigenvalue weighted by Gasteiger charge is -2.27. The van der Waals surface area contributed by atoms with Gasteiger partial charge in [-0.15, -0.1) is 0 Å². The number of hydrogen-bond donors (Lipinski definition) is 2. The third-order valence-corrected chi connectivity index (χ3v) is 4.79. The first-order valence-electron chi connectivity index (χ1n) is 9.79. The highest BCUT2D eigenvalue weighted by Gasteiger charge is 2.35. The molecule has 2 N–H and O–H groups in total. The summed E-state index contributed by atoms with van der Waals surface area (Å²) in [5.41, 5.74) is -0.0213. The molecule has 0 bridgehead atoms. The zero-order valence-corrected chi connectivity index (χ0v) is 16.7. The summed E-state index contributed by atoms with van der Waals surface area (Å²) >= 11 is 0. The normalized spacial score (nSPS) is 14.6. The molecule has 2 aromatic carbocycles. The molecule has 160 valence electrons. The Morgan fingerprint density at radius 3 is 2.43 bits per heavy atom. The minimum absolute atomic E-state index is 0.0272. The first kappa shape index (κ1) is 21.7. The van der Waals surface area contributed by atoms with E-state index in [-0.39, 0.29) is 22.5 Å². The van der Waals surface area contributed by atoms with Crippen molar-refractivity contribution in [1.29, 1.82) is 0 Å². The first-order chi connectivity index (χ1) is 14.3. The Kier molecular flexibility index (Phi) is 6.34. The van der Waals surface area contributed by atoms with E-state index in [1.165, 1.54) is 30.5 Å². The SMILES string of the molecule is CCCN(CCC)c1ccc(NC=C2C(=O)Nc3cccc(F)c32)cc1C(F)(F)F. The van der Waals surface area contributed by atoms with Crippen molar-refractivity contribution in [1.82, 2.24) is 0 Å². The largest absolute Gasteiger partial charge is 0.418 e. The van der Waals surface area contributed by atoms with Crippen molar-refractivity contribution >= 4 is 28.5 Å². The van der Waals surface area contributed by atoms with Crippen LogP contribution in [0.15, 0.2) is 42.6 Å². The Hall–Kier alpha value is -3.03. The van der Waals surface area contributed by atoms with Crippen LogP contribution in [0.3, 0.4) is 0 Å². The fourth-order valence-corrected chi connectivity index (χ4v) is 3.52. The molecule has 0 aromatic heterocycles. The summed E-state index contributed by atoms with van der Waals surface area (Å²) in [6.07, 6.45) is -1.86. The molecule has 3 rings (SSSR count). The van der Waals surface area contributed by atoms with E-state index in [0.717, 1.165) is 18.9 Å². The second-order valence-corrected chi connectivity index (χ2v) is 7.04. The van der Waals surface area contributed by atoms with Gasteiger partial charge >= 0.3 is 6.18 Å². The summed E-state index contributed by atoms with van der Waals surface area (Å²) < 4.78 is 55.3. The Labute approximate surface area is 172 Å². The van der Waals surface area contributed by atoms with Crippen molar-refractivity contribution in [3.05, 3.63) is 59.5 Å².